The van der Waals surface area contributed by atoms with E-state index in [2.05, 4.69) is 62.5 Å². The average Bonchev–Trinajstić information content (AvgIpc) is 2.89. The molecular formula is C21H29N3O. The van der Waals surface area contributed by atoms with Gasteiger partial charge in [0.05, 0.1) is 5.56 Å². The number of para-hydroxylation sites is 1. The first-order chi connectivity index (χ1) is 11.9. The molecule has 1 fully saturated rings. The summed E-state index contributed by atoms with van der Waals surface area (Å²) in [5.41, 5.74) is 5.34. The number of rotatable bonds is 3. The fraction of sp³-hybridized carbons (Fsp3) is 0.476. The van der Waals surface area contributed by atoms with Crippen LogP contribution in [0.15, 0.2) is 30.3 Å². The van der Waals surface area contributed by atoms with Crippen LogP contribution in [0.3, 0.4) is 0 Å². The van der Waals surface area contributed by atoms with Crippen LogP contribution < -0.4 is 0 Å². The predicted octanol–water partition coefficient (Wildman–Crippen LogP) is 3.57. The largest absolute Gasteiger partial charge is 0.337 e. The van der Waals surface area contributed by atoms with Crippen LogP contribution in [0.25, 0.3) is 5.69 Å². The van der Waals surface area contributed by atoms with Crippen molar-refractivity contribution < 1.29 is 4.79 Å². The smallest absolute Gasteiger partial charge is 0.255 e. The van der Waals surface area contributed by atoms with Crippen molar-refractivity contribution in [3.8, 4) is 5.69 Å². The van der Waals surface area contributed by atoms with Crippen molar-refractivity contribution in [1.29, 1.82) is 0 Å². The Labute approximate surface area is 151 Å². The lowest BCUT2D eigenvalue weighted by molar-refractivity contribution is 0.0634. The second kappa shape index (κ2) is 7.04. The van der Waals surface area contributed by atoms with Crippen LogP contribution in [-0.4, -0.2) is 53.5 Å². The Morgan fingerprint density at radius 1 is 1.16 bits per heavy atom. The lowest BCUT2D eigenvalue weighted by Gasteiger charge is -2.36. The van der Waals surface area contributed by atoms with Gasteiger partial charge in [-0.05, 0) is 65.4 Å². The molecule has 2 aromatic rings. The molecule has 1 aliphatic heterocycles. The first-order valence-corrected chi connectivity index (χ1v) is 9.10. The maximum absolute atomic E-state index is 13.2. The normalized spacial score (nSPS) is 18.0. The van der Waals surface area contributed by atoms with Gasteiger partial charge in [0.2, 0.25) is 0 Å². The standard InChI is InChI=1S/C21H29N3O/c1-15-9-6-7-11-20(15)24-16(2)13-19(17(24)3)21(25)23-12-8-10-18(14-23)22(4)5/h6-7,9,11,13,18H,8,10,12,14H2,1-5H3. The minimum absolute atomic E-state index is 0.166. The monoisotopic (exact) mass is 339 g/mol. The highest BCUT2D eigenvalue weighted by Gasteiger charge is 2.28. The van der Waals surface area contributed by atoms with Gasteiger partial charge in [-0.3, -0.25) is 4.79 Å². The maximum Gasteiger partial charge on any atom is 0.255 e. The van der Waals surface area contributed by atoms with Gasteiger partial charge in [0.1, 0.15) is 0 Å². The molecule has 25 heavy (non-hydrogen) atoms. The summed E-state index contributed by atoms with van der Waals surface area (Å²) < 4.78 is 2.20. The molecule has 1 unspecified atom stereocenters. The summed E-state index contributed by atoms with van der Waals surface area (Å²) in [6.45, 7) is 7.92. The quantitative estimate of drug-likeness (QED) is 0.855. The molecule has 0 N–H and O–H groups in total. The van der Waals surface area contributed by atoms with Gasteiger partial charge in [-0.1, -0.05) is 18.2 Å². The summed E-state index contributed by atoms with van der Waals surface area (Å²) in [6.07, 6.45) is 2.24. The molecule has 2 heterocycles. The van der Waals surface area contributed by atoms with Crippen LogP contribution in [0.1, 0.15) is 40.2 Å². The molecule has 1 atom stereocenters. The number of aryl methyl sites for hydroxylation is 2. The first-order valence-electron chi connectivity index (χ1n) is 9.10. The van der Waals surface area contributed by atoms with Gasteiger partial charge in [0.15, 0.2) is 0 Å². The van der Waals surface area contributed by atoms with E-state index in [0.717, 1.165) is 42.1 Å². The van der Waals surface area contributed by atoms with Crippen molar-refractivity contribution in [1.82, 2.24) is 14.4 Å². The van der Waals surface area contributed by atoms with Crippen molar-refractivity contribution in [2.45, 2.75) is 39.7 Å². The molecule has 3 rings (SSSR count). The number of likely N-dealkylation sites (N-methyl/N-ethyl adjacent to an activating group) is 1. The average molecular weight is 339 g/mol. The number of likely N-dealkylation sites (tertiary alicyclic amines) is 1. The zero-order chi connectivity index (χ0) is 18.1. The van der Waals surface area contributed by atoms with Crippen LogP contribution in [0, 0.1) is 20.8 Å². The molecule has 4 nitrogen and oxygen atoms in total. The van der Waals surface area contributed by atoms with Crippen LogP contribution >= 0.6 is 0 Å². The highest BCUT2D eigenvalue weighted by molar-refractivity contribution is 5.96. The van der Waals surface area contributed by atoms with E-state index in [1.165, 1.54) is 12.0 Å². The highest BCUT2D eigenvalue weighted by atomic mass is 16.2. The van der Waals surface area contributed by atoms with Crippen molar-refractivity contribution >= 4 is 5.91 Å². The molecule has 1 aromatic carbocycles. The molecule has 0 radical (unpaired) electrons. The van der Waals surface area contributed by atoms with E-state index in [0.29, 0.717) is 6.04 Å². The predicted molar refractivity (Wildman–Crippen MR) is 103 cm³/mol. The number of carbonyl (C=O) groups is 1. The number of nitrogens with zero attached hydrogens (tertiary/aromatic N) is 3. The Hall–Kier alpha value is -2.07. The molecule has 1 aromatic heterocycles. The zero-order valence-electron chi connectivity index (χ0n) is 16.0. The van der Waals surface area contributed by atoms with E-state index in [9.17, 15) is 4.79 Å². The zero-order valence-corrected chi connectivity index (χ0v) is 16.0. The number of hydrogen-bond acceptors (Lipinski definition) is 2. The Bertz CT molecular complexity index is 775. The second-order valence-electron chi connectivity index (χ2n) is 7.42. The van der Waals surface area contributed by atoms with Gasteiger partial charge in [0.25, 0.3) is 5.91 Å². The molecule has 0 spiro atoms. The van der Waals surface area contributed by atoms with Crippen molar-refractivity contribution in [3.63, 3.8) is 0 Å². The topological polar surface area (TPSA) is 28.5 Å². The highest BCUT2D eigenvalue weighted by Crippen LogP contribution is 2.25. The number of aromatic nitrogens is 1. The van der Waals surface area contributed by atoms with Crippen molar-refractivity contribution in [2.24, 2.45) is 0 Å². The number of benzene rings is 1. The van der Waals surface area contributed by atoms with Crippen LogP contribution in [0.4, 0.5) is 0 Å². The maximum atomic E-state index is 13.2. The van der Waals surface area contributed by atoms with Crippen LogP contribution in [-0.2, 0) is 0 Å². The van der Waals surface area contributed by atoms with Crippen LogP contribution in [0.2, 0.25) is 0 Å². The van der Waals surface area contributed by atoms with E-state index in [-0.39, 0.29) is 5.91 Å². The number of piperidine rings is 1. The molecular weight excluding hydrogens is 310 g/mol. The third-order valence-electron chi connectivity index (χ3n) is 5.43. The van der Waals surface area contributed by atoms with Gasteiger partial charge in [0, 0.05) is 36.2 Å². The summed E-state index contributed by atoms with van der Waals surface area (Å²) in [7, 11) is 4.20. The van der Waals surface area contributed by atoms with Crippen molar-refractivity contribution in [2.75, 3.05) is 27.2 Å². The summed E-state index contributed by atoms with van der Waals surface area (Å²) in [5, 5.41) is 0. The van der Waals surface area contributed by atoms with E-state index in [1.807, 2.05) is 17.0 Å². The van der Waals surface area contributed by atoms with Gasteiger partial charge < -0.3 is 14.4 Å². The summed E-state index contributed by atoms with van der Waals surface area (Å²) in [6, 6.07) is 10.8. The Balaban J connectivity index is 1.92. The minimum atomic E-state index is 0.166. The van der Waals surface area contributed by atoms with Crippen LogP contribution in [0.5, 0.6) is 0 Å². The Morgan fingerprint density at radius 3 is 2.56 bits per heavy atom. The molecule has 0 bridgehead atoms. The molecule has 4 heteroatoms. The van der Waals surface area contributed by atoms with E-state index >= 15 is 0 Å². The van der Waals surface area contributed by atoms with Gasteiger partial charge in [-0.15, -0.1) is 0 Å². The number of amides is 1. The van der Waals surface area contributed by atoms with E-state index < -0.39 is 0 Å². The fourth-order valence-corrected chi connectivity index (χ4v) is 3.90. The third kappa shape index (κ3) is 3.36. The summed E-state index contributed by atoms with van der Waals surface area (Å²) in [4.78, 5) is 17.4. The third-order valence-corrected chi connectivity index (χ3v) is 5.43. The van der Waals surface area contributed by atoms with Gasteiger partial charge >= 0.3 is 0 Å². The lowest BCUT2D eigenvalue weighted by Crippen LogP contribution is -2.47. The summed E-state index contributed by atoms with van der Waals surface area (Å²) in [5.74, 6) is 0.166. The molecule has 134 valence electrons. The fourth-order valence-electron chi connectivity index (χ4n) is 3.90. The molecule has 1 saturated heterocycles. The van der Waals surface area contributed by atoms with Gasteiger partial charge in [-0.2, -0.15) is 0 Å². The molecule has 1 amide bonds. The molecule has 0 aliphatic carbocycles. The van der Waals surface area contributed by atoms with Crippen molar-refractivity contribution in [3.05, 3.63) is 52.8 Å². The summed E-state index contributed by atoms with van der Waals surface area (Å²) >= 11 is 0. The number of carbonyl (C=O) groups excluding carboxylic acids is 1. The number of hydrogen-bond donors (Lipinski definition) is 0. The minimum Gasteiger partial charge on any atom is -0.337 e. The molecule has 0 saturated carbocycles. The lowest BCUT2D eigenvalue weighted by atomic mass is 10.0. The SMILES string of the molecule is Cc1ccccc1-n1c(C)cc(C(=O)N2CCCC(N(C)C)C2)c1C. The van der Waals surface area contributed by atoms with E-state index in [1.54, 1.807) is 0 Å². The van der Waals surface area contributed by atoms with E-state index in [4.69, 9.17) is 0 Å². The Morgan fingerprint density at radius 2 is 1.88 bits per heavy atom. The Kier molecular flexibility index (Phi) is 5.00. The molecule has 1 aliphatic rings. The first kappa shape index (κ1) is 17.7. The van der Waals surface area contributed by atoms with Gasteiger partial charge in [-0.25, -0.2) is 0 Å². The second-order valence-corrected chi connectivity index (χ2v) is 7.42.